The Labute approximate surface area is 263 Å². The zero-order valence-electron chi connectivity index (χ0n) is 25.7. The minimum atomic E-state index is -4.94. The van der Waals surface area contributed by atoms with Crippen molar-refractivity contribution in [3.8, 4) is 22.8 Å². The van der Waals surface area contributed by atoms with Gasteiger partial charge in [0, 0.05) is 52.5 Å². The molecule has 12 heteroatoms. The van der Waals surface area contributed by atoms with Crippen LogP contribution in [0.5, 0.6) is 0 Å². The lowest BCUT2D eigenvalue weighted by Gasteiger charge is -2.55. The van der Waals surface area contributed by atoms with Gasteiger partial charge in [-0.3, -0.25) is 14.2 Å². The van der Waals surface area contributed by atoms with Gasteiger partial charge in [0.05, 0.1) is 11.2 Å². The van der Waals surface area contributed by atoms with Gasteiger partial charge < -0.3 is 10.2 Å². The maximum absolute atomic E-state index is 13.4. The van der Waals surface area contributed by atoms with E-state index in [2.05, 4.69) is 44.5 Å². The summed E-state index contributed by atoms with van der Waals surface area (Å²) < 4.78 is 41.9. The molecule has 0 saturated heterocycles. The van der Waals surface area contributed by atoms with E-state index in [1.54, 1.807) is 18.5 Å². The topological polar surface area (TPSA) is 101 Å². The van der Waals surface area contributed by atoms with Crippen LogP contribution in [0.2, 0.25) is 0 Å². The number of halogens is 3. The van der Waals surface area contributed by atoms with Gasteiger partial charge in [0.15, 0.2) is 11.5 Å². The summed E-state index contributed by atoms with van der Waals surface area (Å²) in [5, 5.41) is 12.1. The molecule has 5 aromatic rings. The van der Waals surface area contributed by atoms with Crippen molar-refractivity contribution < 1.29 is 18.0 Å². The molecule has 4 heterocycles. The van der Waals surface area contributed by atoms with Crippen LogP contribution in [0.15, 0.2) is 79.3 Å². The number of amides is 1. The number of hydrogen-bond acceptors (Lipinski definition) is 7. The Kier molecular flexibility index (Phi) is 7.15. The Morgan fingerprint density at radius 3 is 2.43 bits per heavy atom. The van der Waals surface area contributed by atoms with E-state index in [0.29, 0.717) is 43.0 Å². The van der Waals surface area contributed by atoms with E-state index < -0.39 is 23.0 Å². The molecule has 7 rings (SSSR count). The monoisotopic (exact) mass is 626 g/mol. The molecule has 0 aliphatic heterocycles. The van der Waals surface area contributed by atoms with Crippen molar-refractivity contribution in [3.63, 3.8) is 0 Å². The minimum Gasteiger partial charge on any atom is -0.342 e. The zero-order chi connectivity index (χ0) is 32.3. The molecule has 46 heavy (non-hydrogen) atoms. The Bertz CT molecular complexity index is 1950. The van der Waals surface area contributed by atoms with Crippen LogP contribution in [-0.4, -0.2) is 72.2 Å². The van der Waals surface area contributed by atoms with Crippen LogP contribution in [0.4, 0.5) is 13.2 Å². The van der Waals surface area contributed by atoms with Gasteiger partial charge in [-0.05, 0) is 63.5 Å². The normalized spacial score (nSPS) is 24.8. The number of benzene rings is 1. The average molecular weight is 627 g/mol. The fourth-order valence-electron chi connectivity index (χ4n) is 7.00. The number of alkyl halides is 3. The molecule has 1 N–H and O–H groups in total. The van der Waals surface area contributed by atoms with Crippen molar-refractivity contribution >= 4 is 22.5 Å². The number of pyridine rings is 2. The van der Waals surface area contributed by atoms with Crippen molar-refractivity contribution in [1.82, 2.24) is 39.8 Å². The molecule has 0 spiro atoms. The molecule has 2 aliphatic carbocycles. The summed E-state index contributed by atoms with van der Waals surface area (Å²) in [6.07, 6.45) is 6.48. The summed E-state index contributed by atoms with van der Waals surface area (Å²) in [4.78, 5) is 28.0. The van der Waals surface area contributed by atoms with Gasteiger partial charge in [0.1, 0.15) is 0 Å². The van der Waals surface area contributed by atoms with Crippen LogP contribution in [0.1, 0.15) is 38.3 Å². The summed E-state index contributed by atoms with van der Waals surface area (Å²) in [6, 6.07) is 15.9. The lowest BCUT2D eigenvalue weighted by Crippen LogP contribution is -2.67. The Hall–Kier alpha value is -4.71. The number of allylic oxidation sites excluding steroid dienone is 1. The highest BCUT2D eigenvalue weighted by atomic mass is 19.4. The van der Waals surface area contributed by atoms with Crippen LogP contribution >= 0.6 is 0 Å². The second kappa shape index (κ2) is 11.0. The second-order valence-corrected chi connectivity index (χ2v) is 12.8. The maximum Gasteiger partial charge on any atom is 0.471 e. The van der Waals surface area contributed by atoms with Crippen LogP contribution in [0.25, 0.3) is 39.3 Å². The molecule has 1 saturated carbocycles. The number of nitrogens with one attached hydrogen (secondary N) is 1. The molecule has 1 fully saturated rings. The molecule has 0 radical (unpaired) electrons. The SMILES string of the molecule is CN(C)C1CC(NC(=O)C(F)(F)F)(C2C=C[C@@](C)(c3nc4ccn5c(-c6ncccn6)nnc5c4cc3-c3ccccc3)CC2)C1. The first-order valence-electron chi connectivity index (χ1n) is 15.2. The number of aromatic nitrogens is 6. The van der Waals surface area contributed by atoms with Crippen molar-refractivity contribution in [3.05, 3.63) is 85.0 Å². The molecule has 236 valence electrons. The number of carbonyl (C=O) groups excluding carboxylic acids is 1. The summed E-state index contributed by atoms with van der Waals surface area (Å²) in [7, 11) is 3.82. The highest BCUT2D eigenvalue weighted by molar-refractivity contribution is 5.95. The fraction of sp³-hybridized carbons (Fsp3) is 0.353. The molecule has 1 unspecified atom stereocenters. The lowest BCUT2D eigenvalue weighted by atomic mass is 9.60. The first-order chi connectivity index (χ1) is 22.0. The number of carbonyl (C=O) groups is 1. The van der Waals surface area contributed by atoms with Crippen LogP contribution in [0.3, 0.4) is 0 Å². The average Bonchev–Trinajstić information content (AvgIpc) is 3.47. The summed E-state index contributed by atoms with van der Waals surface area (Å²) >= 11 is 0. The third kappa shape index (κ3) is 5.10. The second-order valence-electron chi connectivity index (χ2n) is 12.8. The number of nitrogens with zero attached hydrogens (tertiary/aromatic N) is 7. The van der Waals surface area contributed by atoms with Crippen LogP contribution in [0, 0.1) is 5.92 Å². The molecule has 1 aromatic carbocycles. The zero-order valence-corrected chi connectivity index (χ0v) is 25.7. The standard InChI is InChI=1S/C34H33F3N8O/c1-32(13-10-22(11-14-32)33(19-23(20-33)44(2)3)41-31(46)34(35,36)37)27-24(21-8-5-4-6-9-21)18-25-26(40-27)12-17-45-29(25)42-43-30(45)28-38-15-7-16-39-28/h4-10,12-13,15-18,22-23H,11,14,19-20H2,1-3H3,(H,41,46)/t22?,23?,32-,33?/m1/s1. The summed E-state index contributed by atoms with van der Waals surface area (Å²) in [5.41, 5.74) is 2.69. The number of fused-ring (bicyclic) bond motifs is 3. The van der Waals surface area contributed by atoms with E-state index in [9.17, 15) is 18.0 Å². The van der Waals surface area contributed by atoms with Gasteiger partial charge in [-0.15, -0.1) is 10.2 Å². The fourth-order valence-corrected chi connectivity index (χ4v) is 7.00. The molecule has 4 aromatic heterocycles. The lowest BCUT2D eigenvalue weighted by molar-refractivity contribution is -0.178. The Morgan fingerprint density at radius 2 is 1.78 bits per heavy atom. The Morgan fingerprint density at radius 1 is 1.04 bits per heavy atom. The predicted octanol–water partition coefficient (Wildman–Crippen LogP) is 5.77. The van der Waals surface area contributed by atoms with Gasteiger partial charge in [-0.25, -0.2) is 9.97 Å². The quantitative estimate of drug-likeness (QED) is 0.239. The third-order valence-corrected chi connectivity index (χ3v) is 9.69. The Balaban J connectivity index is 1.30. The molecule has 2 atom stereocenters. The van der Waals surface area contributed by atoms with Gasteiger partial charge >= 0.3 is 12.1 Å². The molecular formula is C34H33F3N8O. The highest BCUT2D eigenvalue weighted by Crippen LogP contribution is 2.49. The summed E-state index contributed by atoms with van der Waals surface area (Å²) in [5.74, 6) is -1.13. The van der Waals surface area contributed by atoms with E-state index in [1.165, 1.54) is 0 Å². The van der Waals surface area contributed by atoms with Gasteiger partial charge in [0.25, 0.3) is 0 Å². The third-order valence-electron chi connectivity index (χ3n) is 9.69. The van der Waals surface area contributed by atoms with E-state index in [4.69, 9.17) is 4.98 Å². The minimum absolute atomic E-state index is 0.102. The molecule has 0 bridgehead atoms. The van der Waals surface area contributed by atoms with E-state index in [1.807, 2.05) is 72.1 Å². The van der Waals surface area contributed by atoms with Crippen molar-refractivity contribution in [2.45, 2.75) is 55.8 Å². The highest BCUT2D eigenvalue weighted by Gasteiger charge is 2.54. The van der Waals surface area contributed by atoms with Gasteiger partial charge in [0.2, 0.25) is 5.82 Å². The maximum atomic E-state index is 13.4. The van der Waals surface area contributed by atoms with Crippen molar-refractivity contribution in [2.24, 2.45) is 5.92 Å². The van der Waals surface area contributed by atoms with E-state index >= 15 is 0 Å². The van der Waals surface area contributed by atoms with E-state index in [0.717, 1.165) is 27.7 Å². The molecular weight excluding hydrogens is 593 g/mol. The van der Waals surface area contributed by atoms with Crippen molar-refractivity contribution in [1.29, 1.82) is 0 Å². The summed E-state index contributed by atoms with van der Waals surface area (Å²) in [6.45, 7) is 2.12. The number of hydrogen-bond donors (Lipinski definition) is 1. The molecule has 1 amide bonds. The molecule has 9 nitrogen and oxygen atoms in total. The first kappa shape index (κ1) is 30.0. The van der Waals surface area contributed by atoms with Crippen LogP contribution < -0.4 is 5.32 Å². The largest absolute Gasteiger partial charge is 0.471 e. The molecule has 2 aliphatic rings. The van der Waals surface area contributed by atoms with Crippen LogP contribution in [-0.2, 0) is 10.2 Å². The smallest absolute Gasteiger partial charge is 0.342 e. The van der Waals surface area contributed by atoms with Gasteiger partial charge in [-0.2, -0.15) is 13.2 Å². The van der Waals surface area contributed by atoms with Crippen molar-refractivity contribution in [2.75, 3.05) is 14.1 Å². The van der Waals surface area contributed by atoms with E-state index in [-0.39, 0.29) is 12.0 Å². The first-order valence-corrected chi connectivity index (χ1v) is 15.2. The predicted molar refractivity (Wildman–Crippen MR) is 168 cm³/mol. The number of rotatable bonds is 6. The van der Waals surface area contributed by atoms with Gasteiger partial charge in [-0.1, -0.05) is 49.4 Å².